The molecular formula is C16H23N5O. The minimum atomic E-state index is 0.405. The van der Waals surface area contributed by atoms with Crippen LogP contribution < -0.4 is 5.32 Å². The molecule has 1 N–H and O–H groups in total. The fourth-order valence-corrected chi connectivity index (χ4v) is 2.75. The van der Waals surface area contributed by atoms with Crippen LogP contribution in [0.1, 0.15) is 35.0 Å². The first-order valence-corrected chi connectivity index (χ1v) is 7.79. The lowest BCUT2D eigenvalue weighted by molar-refractivity contribution is 0.193. The third-order valence-electron chi connectivity index (χ3n) is 4.41. The van der Waals surface area contributed by atoms with Crippen molar-refractivity contribution in [1.82, 2.24) is 19.7 Å². The average Bonchev–Trinajstić information content (AvgIpc) is 3.14. The number of hydrogen-bond donors (Lipinski definition) is 1. The highest BCUT2D eigenvalue weighted by Gasteiger charge is 2.19. The first kappa shape index (κ1) is 15.0. The van der Waals surface area contributed by atoms with E-state index in [0.29, 0.717) is 5.92 Å². The van der Waals surface area contributed by atoms with E-state index in [4.69, 9.17) is 4.74 Å². The minimum absolute atomic E-state index is 0.405. The summed E-state index contributed by atoms with van der Waals surface area (Å²) in [6.45, 7) is 9.48. The van der Waals surface area contributed by atoms with E-state index in [0.717, 1.165) is 49.9 Å². The molecule has 0 aliphatic carbocycles. The number of rotatable bonds is 5. The number of nitrogens with zero attached hydrogens (tertiary/aromatic N) is 4. The molecule has 3 rings (SSSR count). The lowest BCUT2D eigenvalue weighted by atomic mass is 10.1. The third-order valence-corrected chi connectivity index (χ3v) is 4.41. The third kappa shape index (κ3) is 3.11. The standard InChI is InChI=1S/C16H23N5O/c1-11-12(2)20-21(13(11)3)6-5-17-16-8-15(18-10-19-16)14-4-7-22-9-14/h8,10,14H,4-7,9H2,1-3H3,(H,17,18,19). The van der Waals surface area contributed by atoms with Crippen LogP contribution in [0.4, 0.5) is 5.82 Å². The number of anilines is 1. The maximum Gasteiger partial charge on any atom is 0.129 e. The molecule has 3 heterocycles. The van der Waals surface area contributed by atoms with Crippen LogP contribution in [0.15, 0.2) is 12.4 Å². The van der Waals surface area contributed by atoms with Gasteiger partial charge in [-0.15, -0.1) is 0 Å². The Morgan fingerprint density at radius 2 is 2.18 bits per heavy atom. The van der Waals surface area contributed by atoms with Crippen molar-refractivity contribution < 1.29 is 4.74 Å². The van der Waals surface area contributed by atoms with Crippen LogP contribution in [0.25, 0.3) is 0 Å². The van der Waals surface area contributed by atoms with Crippen LogP contribution in [-0.2, 0) is 11.3 Å². The zero-order valence-electron chi connectivity index (χ0n) is 13.5. The molecule has 0 amide bonds. The van der Waals surface area contributed by atoms with Crippen LogP contribution in [-0.4, -0.2) is 39.5 Å². The molecule has 1 aliphatic rings. The molecule has 0 radical (unpaired) electrons. The van der Waals surface area contributed by atoms with E-state index in [9.17, 15) is 0 Å². The zero-order valence-corrected chi connectivity index (χ0v) is 13.5. The van der Waals surface area contributed by atoms with E-state index in [1.807, 2.05) is 17.7 Å². The predicted molar refractivity (Wildman–Crippen MR) is 85.1 cm³/mol. The Kier molecular flexibility index (Phi) is 4.38. The summed E-state index contributed by atoms with van der Waals surface area (Å²) in [6.07, 6.45) is 2.67. The van der Waals surface area contributed by atoms with E-state index in [1.165, 1.54) is 11.3 Å². The Bertz CT molecular complexity index is 646. The number of ether oxygens (including phenoxy) is 1. The van der Waals surface area contributed by atoms with Gasteiger partial charge in [-0.2, -0.15) is 5.10 Å². The van der Waals surface area contributed by atoms with Gasteiger partial charge in [0.25, 0.3) is 0 Å². The second-order valence-electron chi connectivity index (χ2n) is 5.83. The Morgan fingerprint density at radius 1 is 1.32 bits per heavy atom. The second kappa shape index (κ2) is 6.44. The van der Waals surface area contributed by atoms with E-state index < -0.39 is 0 Å². The largest absolute Gasteiger partial charge is 0.381 e. The fraction of sp³-hybridized carbons (Fsp3) is 0.562. The Balaban J connectivity index is 1.59. The van der Waals surface area contributed by atoms with Gasteiger partial charge in [0, 0.05) is 30.8 Å². The molecule has 1 atom stereocenters. The van der Waals surface area contributed by atoms with Crippen molar-refractivity contribution >= 4 is 5.82 Å². The van der Waals surface area contributed by atoms with Gasteiger partial charge >= 0.3 is 0 Å². The first-order chi connectivity index (χ1) is 10.6. The van der Waals surface area contributed by atoms with Gasteiger partial charge in [0.2, 0.25) is 0 Å². The molecule has 2 aromatic rings. The quantitative estimate of drug-likeness (QED) is 0.917. The van der Waals surface area contributed by atoms with Crippen LogP contribution in [0, 0.1) is 20.8 Å². The smallest absolute Gasteiger partial charge is 0.129 e. The highest BCUT2D eigenvalue weighted by molar-refractivity contribution is 5.36. The lowest BCUT2D eigenvalue weighted by Gasteiger charge is -2.10. The molecule has 0 aromatic carbocycles. The molecule has 0 spiro atoms. The minimum Gasteiger partial charge on any atom is -0.381 e. The molecule has 6 nitrogen and oxygen atoms in total. The zero-order chi connectivity index (χ0) is 15.5. The van der Waals surface area contributed by atoms with Gasteiger partial charge in [0.15, 0.2) is 0 Å². The molecule has 1 saturated heterocycles. The van der Waals surface area contributed by atoms with Crippen molar-refractivity contribution in [3.63, 3.8) is 0 Å². The van der Waals surface area contributed by atoms with Gasteiger partial charge in [-0.1, -0.05) is 0 Å². The summed E-state index contributed by atoms with van der Waals surface area (Å²) in [5, 5.41) is 7.91. The lowest BCUT2D eigenvalue weighted by Crippen LogP contribution is -2.14. The van der Waals surface area contributed by atoms with Crippen molar-refractivity contribution in [3.05, 3.63) is 35.0 Å². The summed E-state index contributed by atoms with van der Waals surface area (Å²) in [5.74, 6) is 1.28. The van der Waals surface area contributed by atoms with Gasteiger partial charge < -0.3 is 10.1 Å². The molecule has 2 aromatic heterocycles. The summed E-state index contributed by atoms with van der Waals surface area (Å²) in [7, 11) is 0. The normalized spacial score (nSPS) is 17.9. The molecular weight excluding hydrogens is 278 g/mol. The van der Waals surface area contributed by atoms with E-state index in [1.54, 1.807) is 6.33 Å². The van der Waals surface area contributed by atoms with E-state index in [2.05, 4.69) is 34.2 Å². The van der Waals surface area contributed by atoms with Crippen molar-refractivity contribution in [2.45, 2.75) is 39.7 Å². The van der Waals surface area contributed by atoms with Gasteiger partial charge in [-0.3, -0.25) is 4.68 Å². The van der Waals surface area contributed by atoms with Crippen LogP contribution in [0.3, 0.4) is 0 Å². The Hall–Kier alpha value is -1.95. The van der Waals surface area contributed by atoms with E-state index >= 15 is 0 Å². The highest BCUT2D eigenvalue weighted by atomic mass is 16.5. The number of aryl methyl sites for hydroxylation is 1. The molecule has 22 heavy (non-hydrogen) atoms. The van der Waals surface area contributed by atoms with Crippen LogP contribution >= 0.6 is 0 Å². The molecule has 1 fully saturated rings. The Morgan fingerprint density at radius 3 is 2.86 bits per heavy atom. The molecule has 6 heteroatoms. The fourth-order valence-electron chi connectivity index (χ4n) is 2.75. The highest BCUT2D eigenvalue weighted by Crippen LogP contribution is 2.24. The van der Waals surface area contributed by atoms with Gasteiger partial charge in [0.05, 0.1) is 24.5 Å². The van der Waals surface area contributed by atoms with Crippen molar-refractivity contribution in [1.29, 1.82) is 0 Å². The first-order valence-electron chi connectivity index (χ1n) is 7.79. The maximum absolute atomic E-state index is 5.42. The predicted octanol–water partition coefficient (Wildman–Crippen LogP) is 2.21. The molecule has 0 saturated carbocycles. The van der Waals surface area contributed by atoms with Crippen LogP contribution in [0.2, 0.25) is 0 Å². The number of hydrogen-bond acceptors (Lipinski definition) is 5. The summed E-state index contributed by atoms with van der Waals surface area (Å²) in [5.41, 5.74) is 4.66. The average molecular weight is 301 g/mol. The summed E-state index contributed by atoms with van der Waals surface area (Å²) < 4.78 is 7.47. The second-order valence-corrected chi connectivity index (χ2v) is 5.83. The molecule has 118 valence electrons. The monoisotopic (exact) mass is 301 g/mol. The molecule has 0 bridgehead atoms. The molecule has 1 aliphatic heterocycles. The van der Waals surface area contributed by atoms with Gasteiger partial charge in [-0.05, 0) is 32.8 Å². The topological polar surface area (TPSA) is 64.9 Å². The SMILES string of the molecule is Cc1nn(CCNc2cc(C3CCOC3)ncn2)c(C)c1C. The van der Waals surface area contributed by atoms with Crippen molar-refractivity contribution in [2.24, 2.45) is 0 Å². The van der Waals surface area contributed by atoms with Gasteiger partial charge in [-0.25, -0.2) is 9.97 Å². The Labute approximate surface area is 130 Å². The van der Waals surface area contributed by atoms with Crippen LogP contribution in [0.5, 0.6) is 0 Å². The number of aromatic nitrogens is 4. The van der Waals surface area contributed by atoms with E-state index in [-0.39, 0.29) is 0 Å². The summed E-state index contributed by atoms with van der Waals surface area (Å²) in [6, 6.07) is 2.03. The molecule has 1 unspecified atom stereocenters. The number of nitrogens with one attached hydrogen (secondary N) is 1. The van der Waals surface area contributed by atoms with Crippen molar-refractivity contribution in [2.75, 3.05) is 25.1 Å². The van der Waals surface area contributed by atoms with Gasteiger partial charge in [0.1, 0.15) is 12.1 Å². The summed E-state index contributed by atoms with van der Waals surface area (Å²) >= 11 is 0. The summed E-state index contributed by atoms with van der Waals surface area (Å²) in [4.78, 5) is 8.66. The maximum atomic E-state index is 5.42. The van der Waals surface area contributed by atoms with Crippen molar-refractivity contribution in [3.8, 4) is 0 Å².